The number of aldehydes is 1. The van der Waals surface area contributed by atoms with Crippen molar-refractivity contribution in [2.75, 3.05) is 33.2 Å². The summed E-state index contributed by atoms with van der Waals surface area (Å²) in [6.07, 6.45) is 0.917. The number of carbonyl (C=O) groups excluding carboxylic acids is 1. The summed E-state index contributed by atoms with van der Waals surface area (Å²) in [7, 11) is 2.13. The van der Waals surface area contributed by atoms with E-state index in [1.165, 1.54) is 0 Å². The molecule has 3 nitrogen and oxygen atoms in total. The molecule has 0 amide bonds. The van der Waals surface area contributed by atoms with Crippen molar-refractivity contribution in [1.29, 1.82) is 0 Å². The van der Waals surface area contributed by atoms with Crippen LogP contribution in [0.5, 0.6) is 0 Å². The summed E-state index contributed by atoms with van der Waals surface area (Å²) < 4.78 is 0. The van der Waals surface area contributed by atoms with Crippen molar-refractivity contribution in [1.82, 2.24) is 4.90 Å². The average Bonchev–Trinajstić information content (AvgIpc) is 2.07. The number of likely N-dealkylation sites (N-methyl/N-ethyl adjacent to an activating group) is 1. The van der Waals surface area contributed by atoms with Crippen LogP contribution in [0.4, 0.5) is 0 Å². The van der Waals surface area contributed by atoms with Gasteiger partial charge in [0.25, 0.3) is 0 Å². The van der Waals surface area contributed by atoms with Crippen molar-refractivity contribution in [2.24, 2.45) is 5.92 Å². The third-order valence-electron chi connectivity index (χ3n) is 1.55. The zero-order valence-corrected chi connectivity index (χ0v) is 12.5. The van der Waals surface area contributed by atoms with E-state index in [0.717, 1.165) is 32.5 Å². The maximum atomic E-state index is 9.50. The van der Waals surface area contributed by atoms with E-state index < -0.39 is 0 Å². The molecule has 0 saturated carbocycles. The minimum Gasteiger partial charge on any atom is -0.660 e. The topological polar surface area (TPSA) is 34.4 Å². The van der Waals surface area contributed by atoms with E-state index in [1.807, 2.05) is 13.8 Å². The molecule has 1 aliphatic rings. The molecule has 1 heterocycles. The third kappa shape index (κ3) is 12.8. The summed E-state index contributed by atoms with van der Waals surface area (Å²) in [6.45, 7) is 8.09. The normalized spacial score (nSPS) is 16.9. The fourth-order valence-electron chi connectivity index (χ4n) is 0.706. The molecule has 0 atom stereocenters. The van der Waals surface area contributed by atoms with Gasteiger partial charge in [0.15, 0.2) is 0 Å². The van der Waals surface area contributed by atoms with E-state index in [9.17, 15) is 4.79 Å². The monoisotopic (exact) mass is 310 g/mol. The van der Waals surface area contributed by atoms with Gasteiger partial charge in [-0.3, -0.25) is 0 Å². The van der Waals surface area contributed by atoms with Crippen LogP contribution in [0.25, 0.3) is 5.32 Å². The van der Waals surface area contributed by atoms with E-state index in [4.69, 9.17) is 0 Å². The molecule has 1 fully saturated rings. The SMILES string of the molecule is CC(C)C=O.CN1CC[N-]CC1.[La]. The fourth-order valence-corrected chi connectivity index (χ4v) is 0.706. The average molecular weight is 310 g/mol. The van der Waals surface area contributed by atoms with Crippen LogP contribution in [-0.2, 0) is 4.79 Å². The van der Waals surface area contributed by atoms with Gasteiger partial charge in [-0.2, -0.15) is 0 Å². The molecule has 0 spiro atoms. The van der Waals surface area contributed by atoms with E-state index in [1.54, 1.807) is 0 Å². The predicted molar refractivity (Wildman–Crippen MR) is 51.5 cm³/mol. The number of carbonyl (C=O) groups is 1. The quantitative estimate of drug-likeness (QED) is 0.681. The van der Waals surface area contributed by atoms with Crippen LogP contribution in [0.1, 0.15) is 13.8 Å². The Morgan fingerprint density at radius 3 is 1.85 bits per heavy atom. The zero-order valence-electron chi connectivity index (χ0n) is 8.86. The Balaban J connectivity index is 0. The second-order valence-corrected chi connectivity index (χ2v) is 3.35. The smallest absolute Gasteiger partial charge is 0.122 e. The Bertz CT molecular complexity index is 114. The van der Waals surface area contributed by atoms with Crippen LogP contribution in [0, 0.1) is 41.5 Å². The molecule has 0 N–H and O–H groups in total. The molecule has 0 unspecified atom stereocenters. The van der Waals surface area contributed by atoms with Gasteiger partial charge < -0.3 is 15.0 Å². The maximum absolute atomic E-state index is 9.50. The summed E-state index contributed by atoms with van der Waals surface area (Å²) >= 11 is 0. The number of hydrogen-bond acceptors (Lipinski definition) is 2. The van der Waals surface area contributed by atoms with Crippen molar-refractivity contribution in [3.05, 3.63) is 5.32 Å². The summed E-state index contributed by atoms with van der Waals surface area (Å²) in [4.78, 5) is 11.8. The van der Waals surface area contributed by atoms with Crippen LogP contribution in [0.15, 0.2) is 0 Å². The van der Waals surface area contributed by atoms with Gasteiger partial charge >= 0.3 is 0 Å². The largest absolute Gasteiger partial charge is 0.660 e. The second kappa shape index (κ2) is 10.9. The van der Waals surface area contributed by atoms with Crippen LogP contribution < -0.4 is 0 Å². The third-order valence-corrected chi connectivity index (χ3v) is 1.55. The van der Waals surface area contributed by atoms with Gasteiger partial charge in [0.1, 0.15) is 6.29 Å². The van der Waals surface area contributed by atoms with Crippen molar-refractivity contribution >= 4 is 6.29 Å². The van der Waals surface area contributed by atoms with Gasteiger partial charge in [-0.05, 0) is 20.1 Å². The van der Waals surface area contributed by atoms with Crippen molar-refractivity contribution in [3.63, 3.8) is 0 Å². The molecule has 1 rings (SSSR count). The van der Waals surface area contributed by atoms with Gasteiger partial charge in [0, 0.05) is 41.5 Å². The van der Waals surface area contributed by atoms with Gasteiger partial charge in [0.05, 0.1) is 0 Å². The molecule has 0 aromatic rings. The van der Waals surface area contributed by atoms with Gasteiger partial charge in [-0.1, -0.05) is 13.8 Å². The van der Waals surface area contributed by atoms with E-state index in [-0.39, 0.29) is 41.5 Å². The summed E-state index contributed by atoms with van der Waals surface area (Å²) in [5.41, 5.74) is 0. The molecule has 4 heteroatoms. The Kier molecular flexibility index (Phi) is 13.6. The minimum atomic E-state index is 0. The molecule has 0 aromatic heterocycles. The first-order valence-corrected chi connectivity index (χ1v) is 4.44. The van der Waals surface area contributed by atoms with Gasteiger partial charge in [-0.15, -0.1) is 13.1 Å². The van der Waals surface area contributed by atoms with E-state index in [2.05, 4.69) is 17.3 Å². The van der Waals surface area contributed by atoms with Gasteiger partial charge in [0.2, 0.25) is 0 Å². The fraction of sp³-hybridized carbons (Fsp3) is 0.889. The second-order valence-electron chi connectivity index (χ2n) is 3.35. The molecule has 1 saturated heterocycles. The Morgan fingerprint density at radius 2 is 1.69 bits per heavy atom. The standard InChI is InChI=1S/C5H11N2.C4H8O.La/c1-7-4-2-6-3-5-7;1-4(2)3-5;/h2-5H2,1H3;3-4H,1-2H3;/q-1;;. The van der Waals surface area contributed by atoms with Crippen LogP contribution >= 0.6 is 0 Å². The number of hydrogen-bond donors (Lipinski definition) is 0. The van der Waals surface area contributed by atoms with Crippen molar-refractivity contribution in [2.45, 2.75) is 13.8 Å². The molecular weight excluding hydrogens is 291 g/mol. The van der Waals surface area contributed by atoms with E-state index in [0.29, 0.717) is 0 Å². The minimum absolute atomic E-state index is 0. The molecule has 13 heavy (non-hydrogen) atoms. The predicted octanol–water partition coefficient (Wildman–Crippen LogP) is 1.15. The Hall–Kier alpha value is 0.785. The molecule has 1 radical (unpaired) electrons. The summed E-state index contributed by atoms with van der Waals surface area (Å²) in [5.74, 6) is 0.204. The van der Waals surface area contributed by atoms with Crippen molar-refractivity contribution in [3.8, 4) is 0 Å². The van der Waals surface area contributed by atoms with Crippen LogP contribution in [0.2, 0.25) is 0 Å². The summed E-state index contributed by atoms with van der Waals surface area (Å²) in [6, 6.07) is 0. The van der Waals surface area contributed by atoms with Gasteiger partial charge in [-0.25, -0.2) is 0 Å². The molecule has 0 aromatic carbocycles. The Labute approximate surface area is 109 Å². The first-order chi connectivity index (χ1) is 5.66. The Morgan fingerprint density at radius 1 is 1.31 bits per heavy atom. The van der Waals surface area contributed by atoms with Crippen LogP contribution in [-0.4, -0.2) is 44.4 Å². The van der Waals surface area contributed by atoms with E-state index >= 15 is 0 Å². The van der Waals surface area contributed by atoms with Crippen LogP contribution in [0.3, 0.4) is 0 Å². The zero-order chi connectivity index (χ0) is 9.40. The maximum Gasteiger partial charge on any atom is 0.122 e. The number of piperazine rings is 1. The first kappa shape index (κ1) is 16.2. The summed E-state index contributed by atoms with van der Waals surface area (Å²) in [5, 5.41) is 4.19. The molecular formula is C9H19LaN2O-. The molecule has 0 bridgehead atoms. The number of rotatable bonds is 1. The van der Waals surface area contributed by atoms with Crippen molar-refractivity contribution < 1.29 is 40.4 Å². The molecule has 0 aliphatic carbocycles. The number of nitrogens with zero attached hydrogens (tertiary/aromatic N) is 2. The molecule has 75 valence electrons. The molecule has 1 aliphatic heterocycles. The first-order valence-electron chi connectivity index (χ1n) is 4.44.